The number of amides is 1. The molecule has 156 valence electrons. The van der Waals surface area contributed by atoms with Gasteiger partial charge in [-0.1, -0.05) is 54.6 Å². The highest BCUT2D eigenvalue weighted by molar-refractivity contribution is 5.98. The minimum Gasteiger partial charge on any atom is -0.493 e. The first-order valence-corrected chi connectivity index (χ1v) is 9.81. The van der Waals surface area contributed by atoms with E-state index in [1.807, 2.05) is 25.1 Å². The van der Waals surface area contributed by atoms with Crippen molar-refractivity contribution in [3.63, 3.8) is 0 Å². The van der Waals surface area contributed by atoms with Crippen molar-refractivity contribution < 1.29 is 19.0 Å². The molecule has 0 saturated carbocycles. The largest absolute Gasteiger partial charge is 0.493 e. The third kappa shape index (κ3) is 4.74. The zero-order chi connectivity index (χ0) is 21.5. The number of rotatable bonds is 8. The van der Waals surface area contributed by atoms with E-state index in [0.29, 0.717) is 22.8 Å². The van der Waals surface area contributed by atoms with Gasteiger partial charge in [-0.25, -0.2) is 0 Å². The molecule has 0 spiro atoms. The fourth-order valence-electron chi connectivity index (χ4n) is 3.45. The Kier molecular flexibility index (Phi) is 6.96. The second-order valence-electron chi connectivity index (χ2n) is 7.02. The molecule has 3 aromatic rings. The monoisotopic (exact) mass is 405 g/mol. The van der Waals surface area contributed by atoms with Crippen LogP contribution in [-0.4, -0.2) is 33.3 Å². The Balaban J connectivity index is 1.69. The Morgan fingerprint density at radius 3 is 2.03 bits per heavy atom. The number of carbonyl (C=O) groups is 1. The minimum atomic E-state index is -0.221. The molecule has 1 N–H and O–H groups in total. The highest BCUT2D eigenvalue weighted by Gasteiger charge is 2.21. The van der Waals surface area contributed by atoms with E-state index in [4.69, 9.17) is 14.2 Å². The molecule has 3 aromatic carbocycles. The molecular weight excluding hydrogens is 378 g/mol. The summed E-state index contributed by atoms with van der Waals surface area (Å²) in [7, 11) is 4.57. The van der Waals surface area contributed by atoms with Gasteiger partial charge in [0.25, 0.3) is 5.91 Å². The van der Waals surface area contributed by atoms with Crippen LogP contribution in [0.5, 0.6) is 17.2 Å². The summed E-state index contributed by atoms with van der Waals surface area (Å²) in [6, 6.07) is 22.0. The molecule has 0 fully saturated rings. The SMILES string of the molecule is COc1ccc(C(=O)NC(C)Cc2ccc(-c3ccccc3)cc2)c(OC)c1OC. The zero-order valence-electron chi connectivity index (χ0n) is 17.8. The standard InChI is InChI=1S/C25H27NO4/c1-17(16-18-10-12-20(13-11-18)19-8-6-5-7-9-19)26-25(27)21-14-15-22(28-2)24(30-4)23(21)29-3/h5-15,17H,16H2,1-4H3,(H,26,27). The van der Waals surface area contributed by atoms with Crippen LogP contribution in [-0.2, 0) is 6.42 Å². The summed E-state index contributed by atoms with van der Waals surface area (Å²) < 4.78 is 16.1. The van der Waals surface area contributed by atoms with Gasteiger partial charge in [0.1, 0.15) is 0 Å². The van der Waals surface area contributed by atoms with Crippen molar-refractivity contribution in [2.45, 2.75) is 19.4 Å². The summed E-state index contributed by atoms with van der Waals surface area (Å²) in [6.45, 7) is 1.98. The number of carbonyl (C=O) groups excluding carboxylic acids is 1. The molecule has 1 unspecified atom stereocenters. The fourth-order valence-corrected chi connectivity index (χ4v) is 3.45. The predicted molar refractivity (Wildman–Crippen MR) is 119 cm³/mol. The summed E-state index contributed by atoms with van der Waals surface area (Å²) in [5, 5.41) is 3.04. The molecule has 0 aromatic heterocycles. The van der Waals surface area contributed by atoms with E-state index in [1.54, 1.807) is 19.2 Å². The highest BCUT2D eigenvalue weighted by atomic mass is 16.5. The van der Waals surface area contributed by atoms with Crippen molar-refractivity contribution in [3.8, 4) is 28.4 Å². The normalized spacial score (nSPS) is 11.5. The molecule has 0 radical (unpaired) electrons. The van der Waals surface area contributed by atoms with E-state index in [0.717, 1.165) is 12.0 Å². The highest BCUT2D eigenvalue weighted by Crippen LogP contribution is 2.39. The minimum absolute atomic E-state index is 0.0575. The van der Waals surface area contributed by atoms with Gasteiger partial charge in [0.05, 0.1) is 26.9 Å². The molecule has 0 heterocycles. The van der Waals surface area contributed by atoms with Gasteiger partial charge in [-0.3, -0.25) is 4.79 Å². The Morgan fingerprint density at radius 2 is 1.43 bits per heavy atom. The molecule has 0 bridgehead atoms. The zero-order valence-corrected chi connectivity index (χ0v) is 17.8. The van der Waals surface area contributed by atoms with Gasteiger partial charge in [0.15, 0.2) is 11.5 Å². The van der Waals surface area contributed by atoms with E-state index >= 15 is 0 Å². The van der Waals surface area contributed by atoms with Crippen LogP contribution >= 0.6 is 0 Å². The number of methoxy groups -OCH3 is 3. The van der Waals surface area contributed by atoms with Crippen LogP contribution in [0.15, 0.2) is 66.7 Å². The van der Waals surface area contributed by atoms with Crippen LogP contribution in [0.25, 0.3) is 11.1 Å². The summed E-state index contributed by atoms with van der Waals surface area (Å²) in [5.74, 6) is 1.05. The fraction of sp³-hybridized carbons (Fsp3) is 0.240. The van der Waals surface area contributed by atoms with Crippen molar-refractivity contribution in [1.29, 1.82) is 0 Å². The topological polar surface area (TPSA) is 56.8 Å². The second kappa shape index (κ2) is 9.83. The molecule has 3 rings (SSSR count). The van der Waals surface area contributed by atoms with Gasteiger partial charge >= 0.3 is 0 Å². The lowest BCUT2D eigenvalue weighted by Crippen LogP contribution is -2.34. The molecule has 30 heavy (non-hydrogen) atoms. The smallest absolute Gasteiger partial charge is 0.255 e. The first kappa shape index (κ1) is 21.2. The van der Waals surface area contributed by atoms with Crippen molar-refractivity contribution in [2.75, 3.05) is 21.3 Å². The van der Waals surface area contributed by atoms with Gasteiger partial charge in [-0.05, 0) is 42.2 Å². The Bertz CT molecular complexity index is 984. The first-order chi connectivity index (χ1) is 14.6. The Labute approximate surface area is 177 Å². The molecule has 5 nitrogen and oxygen atoms in total. The first-order valence-electron chi connectivity index (χ1n) is 9.81. The Morgan fingerprint density at radius 1 is 0.800 bits per heavy atom. The number of hydrogen-bond acceptors (Lipinski definition) is 4. The van der Waals surface area contributed by atoms with E-state index in [1.165, 1.54) is 25.3 Å². The summed E-state index contributed by atoms with van der Waals surface area (Å²) in [5.41, 5.74) is 3.92. The van der Waals surface area contributed by atoms with Gasteiger partial charge in [-0.15, -0.1) is 0 Å². The van der Waals surface area contributed by atoms with Crippen LogP contribution in [0.2, 0.25) is 0 Å². The molecule has 0 aliphatic rings. The van der Waals surface area contributed by atoms with Crippen molar-refractivity contribution in [3.05, 3.63) is 77.9 Å². The number of hydrogen-bond donors (Lipinski definition) is 1. The summed E-state index contributed by atoms with van der Waals surface area (Å²) in [4.78, 5) is 12.8. The van der Waals surface area contributed by atoms with E-state index < -0.39 is 0 Å². The van der Waals surface area contributed by atoms with Crippen LogP contribution in [0, 0.1) is 0 Å². The number of benzene rings is 3. The lowest BCUT2D eigenvalue weighted by atomic mass is 10.0. The van der Waals surface area contributed by atoms with Crippen LogP contribution in [0.1, 0.15) is 22.8 Å². The average Bonchev–Trinajstić information content (AvgIpc) is 2.78. The maximum Gasteiger partial charge on any atom is 0.255 e. The van der Waals surface area contributed by atoms with Crippen molar-refractivity contribution >= 4 is 5.91 Å². The molecule has 5 heteroatoms. The van der Waals surface area contributed by atoms with Crippen molar-refractivity contribution in [2.24, 2.45) is 0 Å². The van der Waals surface area contributed by atoms with Gasteiger partial charge in [0.2, 0.25) is 5.75 Å². The average molecular weight is 405 g/mol. The number of nitrogens with one attached hydrogen (secondary N) is 1. The summed E-state index contributed by atoms with van der Waals surface area (Å²) >= 11 is 0. The molecule has 1 amide bonds. The predicted octanol–water partition coefficient (Wildman–Crippen LogP) is 4.74. The lowest BCUT2D eigenvalue weighted by Gasteiger charge is -2.18. The van der Waals surface area contributed by atoms with Crippen molar-refractivity contribution in [1.82, 2.24) is 5.32 Å². The molecule has 1 atom stereocenters. The third-order valence-electron chi connectivity index (χ3n) is 4.93. The number of ether oxygens (including phenoxy) is 3. The third-order valence-corrected chi connectivity index (χ3v) is 4.93. The summed E-state index contributed by atoms with van der Waals surface area (Å²) in [6.07, 6.45) is 0.719. The molecule has 0 saturated heterocycles. The quantitative estimate of drug-likeness (QED) is 0.588. The van der Waals surface area contributed by atoms with Gasteiger partial charge in [-0.2, -0.15) is 0 Å². The van der Waals surface area contributed by atoms with E-state index in [2.05, 4.69) is 41.7 Å². The van der Waals surface area contributed by atoms with Crippen LogP contribution < -0.4 is 19.5 Å². The second-order valence-corrected chi connectivity index (χ2v) is 7.02. The lowest BCUT2D eigenvalue weighted by molar-refractivity contribution is 0.0936. The van der Waals surface area contributed by atoms with E-state index in [-0.39, 0.29) is 11.9 Å². The van der Waals surface area contributed by atoms with E-state index in [9.17, 15) is 4.79 Å². The van der Waals surface area contributed by atoms with Gasteiger partial charge < -0.3 is 19.5 Å². The molecule has 0 aliphatic carbocycles. The maximum absolute atomic E-state index is 12.8. The van der Waals surface area contributed by atoms with Gasteiger partial charge in [0, 0.05) is 6.04 Å². The van der Waals surface area contributed by atoms with Crippen LogP contribution in [0.4, 0.5) is 0 Å². The van der Waals surface area contributed by atoms with Crippen LogP contribution in [0.3, 0.4) is 0 Å². The molecular formula is C25H27NO4. The maximum atomic E-state index is 12.8. The Hall–Kier alpha value is -3.47. The molecule has 0 aliphatic heterocycles.